The molecule has 0 saturated heterocycles. The molecule has 4 heteroatoms. The third-order valence-corrected chi connectivity index (χ3v) is 6.13. The van der Waals surface area contributed by atoms with E-state index < -0.39 is 0 Å². The van der Waals surface area contributed by atoms with Crippen LogP contribution in [0.2, 0.25) is 0 Å². The molecule has 0 fully saturated rings. The smallest absolute Gasteiger partial charge is 0.161 e. The van der Waals surface area contributed by atoms with Gasteiger partial charge in [-0.25, -0.2) is 0 Å². The zero-order valence-electron chi connectivity index (χ0n) is 20.7. The standard InChI is InChI=1S/C29H36BNO2/c1-6-20(3)18-32-28-12-11-24(16-29(28)33-19-21(4)7-2)25-13-23(17-30)14-26(15-25)27-10-8-9-22(5)31-27/h8-16,20-21H,6-7,17-19H2,1-5H3. The Kier molecular flexibility index (Phi) is 8.99. The number of hydrogen-bond donors (Lipinski definition) is 0. The van der Waals surface area contributed by atoms with Crippen LogP contribution in [0.1, 0.15) is 51.8 Å². The molecule has 2 aromatic carbocycles. The highest BCUT2D eigenvalue weighted by Gasteiger charge is 2.13. The lowest BCUT2D eigenvalue weighted by Gasteiger charge is -2.18. The fraction of sp³-hybridized carbons (Fsp3) is 0.414. The lowest BCUT2D eigenvalue weighted by atomic mass is 9.91. The fourth-order valence-electron chi connectivity index (χ4n) is 3.45. The highest BCUT2D eigenvalue weighted by atomic mass is 16.5. The van der Waals surface area contributed by atoms with E-state index in [4.69, 9.17) is 22.3 Å². The van der Waals surface area contributed by atoms with Crippen molar-refractivity contribution in [2.45, 2.75) is 53.8 Å². The van der Waals surface area contributed by atoms with Gasteiger partial charge in [0.05, 0.1) is 26.8 Å². The zero-order chi connectivity index (χ0) is 23.8. The van der Waals surface area contributed by atoms with Crippen molar-refractivity contribution in [3.05, 3.63) is 65.9 Å². The van der Waals surface area contributed by atoms with E-state index in [0.717, 1.165) is 58.0 Å². The molecule has 0 saturated carbocycles. The summed E-state index contributed by atoms with van der Waals surface area (Å²) in [6.07, 6.45) is 2.64. The number of aromatic nitrogens is 1. The number of aryl methyl sites for hydroxylation is 1. The van der Waals surface area contributed by atoms with Crippen LogP contribution < -0.4 is 9.47 Å². The van der Waals surface area contributed by atoms with Crippen LogP contribution in [0.5, 0.6) is 11.5 Å². The normalized spacial score (nSPS) is 12.9. The molecule has 3 aromatic rings. The number of rotatable bonds is 11. The first-order valence-electron chi connectivity index (χ1n) is 12.1. The van der Waals surface area contributed by atoms with Gasteiger partial charge in [0.15, 0.2) is 11.5 Å². The molecular weight excluding hydrogens is 405 g/mol. The maximum absolute atomic E-state index is 6.24. The van der Waals surface area contributed by atoms with Crippen LogP contribution in [0.15, 0.2) is 54.6 Å². The minimum Gasteiger partial charge on any atom is -0.489 e. The molecule has 172 valence electrons. The molecule has 33 heavy (non-hydrogen) atoms. The Morgan fingerprint density at radius 2 is 1.45 bits per heavy atom. The highest BCUT2D eigenvalue weighted by molar-refractivity contribution is 6.08. The Morgan fingerprint density at radius 3 is 2.09 bits per heavy atom. The Balaban J connectivity index is 1.99. The fourth-order valence-corrected chi connectivity index (χ4v) is 3.45. The van der Waals surface area contributed by atoms with Crippen LogP contribution in [0.3, 0.4) is 0 Å². The lowest BCUT2D eigenvalue weighted by molar-refractivity contribution is 0.218. The van der Waals surface area contributed by atoms with E-state index in [1.165, 1.54) is 0 Å². The van der Waals surface area contributed by atoms with E-state index >= 15 is 0 Å². The largest absolute Gasteiger partial charge is 0.489 e. The first-order chi connectivity index (χ1) is 15.9. The van der Waals surface area contributed by atoms with Crippen molar-refractivity contribution < 1.29 is 9.47 Å². The number of nitrogens with zero attached hydrogens (tertiary/aromatic N) is 1. The monoisotopic (exact) mass is 441 g/mol. The van der Waals surface area contributed by atoms with Crippen LogP contribution in [-0.2, 0) is 6.32 Å². The Labute approximate surface area is 201 Å². The summed E-state index contributed by atoms with van der Waals surface area (Å²) in [5.74, 6) is 2.58. The zero-order valence-corrected chi connectivity index (χ0v) is 20.7. The predicted octanol–water partition coefficient (Wildman–Crippen LogP) is 7.24. The molecule has 0 aliphatic heterocycles. The van der Waals surface area contributed by atoms with Gasteiger partial charge in [0, 0.05) is 11.3 Å². The van der Waals surface area contributed by atoms with Crippen LogP contribution in [-0.4, -0.2) is 26.0 Å². The average molecular weight is 441 g/mol. The summed E-state index contributed by atoms with van der Waals surface area (Å²) in [4.78, 5) is 4.71. The molecule has 2 atom stereocenters. The van der Waals surface area contributed by atoms with Gasteiger partial charge in [-0.3, -0.25) is 4.98 Å². The number of ether oxygens (including phenoxy) is 2. The van der Waals surface area contributed by atoms with E-state index in [9.17, 15) is 0 Å². The van der Waals surface area contributed by atoms with Gasteiger partial charge in [-0.05, 0) is 60.2 Å². The predicted molar refractivity (Wildman–Crippen MR) is 139 cm³/mol. The van der Waals surface area contributed by atoms with Crippen LogP contribution in [0.4, 0.5) is 0 Å². The van der Waals surface area contributed by atoms with E-state index in [1.54, 1.807) is 0 Å². The Morgan fingerprint density at radius 1 is 0.788 bits per heavy atom. The van der Waals surface area contributed by atoms with Crippen molar-refractivity contribution in [2.75, 3.05) is 13.2 Å². The molecule has 3 nitrogen and oxygen atoms in total. The summed E-state index contributed by atoms with van der Waals surface area (Å²) in [6.45, 7) is 12.1. The van der Waals surface area contributed by atoms with Gasteiger partial charge in [0.25, 0.3) is 0 Å². The number of hydrogen-bond acceptors (Lipinski definition) is 3. The van der Waals surface area contributed by atoms with E-state index in [1.807, 2.05) is 31.2 Å². The molecule has 0 aliphatic rings. The summed E-state index contributed by atoms with van der Waals surface area (Å²) in [5.41, 5.74) is 6.26. The minimum absolute atomic E-state index is 0.472. The molecule has 2 radical (unpaired) electrons. The summed E-state index contributed by atoms with van der Waals surface area (Å²) in [6, 6.07) is 18.8. The summed E-state index contributed by atoms with van der Waals surface area (Å²) in [7, 11) is 6.04. The van der Waals surface area contributed by atoms with Crippen LogP contribution >= 0.6 is 0 Å². The second kappa shape index (κ2) is 11.9. The van der Waals surface area contributed by atoms with Crippen molar-refractivity contribution in [1.29, 1.82) is 0 Å². The summed E-state index contributed by atoms with van der Waals surface area (Å²) < 4.78 is 12.4. The van der Waals surface area contributed by atoms with E-state index in [2.05, 4.69) is 58.0 Å². The molecule has 3 rings (SSSR count). The minimum atomic E-state index is 0.472. The van der Waals surface area contributed by atoms with Gasteiger partial charge in [-0.2, -0.15) is 0 Å². The van der Waals surface area contributed by atoms with Gasteiger partial charge in [0.1, 0.15) is 0 Å². The first kappa shape index (κ1) is 24.9. The molecule has 2 unspecified atom stereocenters. The SMILES string of the molecule is [B]Cc1cc(-c2ccc(OCC(C)CC)c(OCC(C)CC)c2)cc(-c2cccc(C)n2)c1. The lowest BCUT2D eigenvalue weighted by Crippen LogP contribution is -2.11. The van der Waals surface area contributed by atoms with Gasteiger partial charge >= 0.3 is 0 Å². The van der Waals surface area contributed by atoms with Crippen molar-refractivity contribution in [2.24, 2.45) is 11.8 Å². The third kappa shape index (κ3) is 6.87. The van der Waals surface area contributed by atoms with Crippen LogP contribution in [0, 0.1) is 18.8 Å². The first-order valence-corrected chi connectivity index (χ1v) is 12.1. The molecule has 1 heterocycles. The van der Waals surface area contributed by atoms with Crippen molar-refractivity contribution in [3.63, 3.8) is 0 Å². The molecule has 0 spiro atoms. The molecule has 0 N–H and O–H groups in total. The maximum atomic E-state index is 6.24. The van der Waals surface area contributed by atoms with Gasteiger partial charge in [-0.15, -0.1) is 0 Å². The molecular formula is C29H36BNO2. The van der Waals surface area contributed by atoms with E-state index in [-0.39, 0.29) is 0 Å². The average Bonchev–Trinajstić information content (AvgIpc) is 2.85. The molecule has 0 amide bonds. The second-order valence-electron chi connectivity index (χ2n) is 9.10. The molecule has 0 bridgehead atoms. The Bertz CT molecular complexity index is 1050. The topological polar surface area (TPSA) is 31.4 Å². The van der Waals surface area contributed by atoms with Crippen molar-refractivity contribution >= 4 is 7.85 Å². The van der Waals surface area contributed by atoms with Crippen LogP contribution in [0.25, 0.3) is 22.4 Å². The number of benzene rings is 2. The van der Waals surface area contributed by atoms with Gasteiger partial charge in [-0.1, -0.05) is 76.7 Å². The third-order valence-electron chi connectivity index (χ3n) is 6.13. The molecule has 1 aromatic heterocycles. The van der Waals surface area contributed by atoms with Gasteiger partial charge < -0.3 is 9.47 Å². The summed E-state index contributed by atoms with van der Waals surface area (Å²) in [5, 5.41) is 0. The van der Waals surface area contributed by atoms with E-state index in [0.29, 0.717) is 31.4 Å². The maximum Gasteiger partial charge on any atom is 0.161 e. The highest BCUT2D eigenvalue weighted by Crippen LogP contribution is 2.35. The summed E-state index contributed by atoms with van der Waals surface area (Å²) >= 11 is 0. The Hall–Kier alpha value is -2.75. The quantitative estimate of drug-likeness (QED) is 0.294. The van der Waals surface area contributed by atoms with Gasteiger partial charge in [0.2, 0.25) is 0 Å². The second-order valence-corrected chi connectivity index (χ2v) is 9.10. The van der Waals surface area contributed by atoms with Crippen molar-refractivity contribution in [1.82, 2.24) is 4.98 Å². The molecule has 0 aliphatic carbocycles. The van der Waals surface area contributed by atoms with Crippen molar-refractivity contribution in [3.8, 4) is 33.9 Å². The number of pyridine rings is 1.